The number of carbonyl (C=O) groups excluding carboxylic acids is 2. The van der Waals surface area contributed by atoms with Gasteiger partial charge < -0.3 is 20.5 Å². The SMILES string of the molecule is CCCCCCCC[C@@H](NC(=O)CCCCCNC(=O)OCc1ccccc1)C(=O)O. The van der Waals surface area contributed by atoms with Gasteiger partial charge in [0.15, 0.2) is 0 Å². The second-order valence-corrected chi connectivity index (χ2v) is 7.81. The summed E-state index contributed by atoms with van der Waals surface area (Å²) in [5.74, 6) is -1.20. The number of rotatable bonds is 17. The first-order chi connectivity index (χ1) is 15.0. The van der Waals surface area contributed by atoms with Gasteiger partial charge in [0.25, 0.3) is 0 Å². The predicted molar refractivity (Wildman–Crippen MR) is 121 cm³/mol. The van der Waals surface area contributed by atoms with Crippen LogP contribution in [0.15, 0.2) is 30.3 Å². The molecule has 0 saturated carbocycles. The van der Waals surface area contributed by atoms with E-state index in [2.05, 4.69) is 17.6 Å². The van der Waals surface area contributed by atoms with Crippen LogP contribution in [0.2, 0.25) is 0 Å². The van der Waals surface area contributed by atoms with Gasteiger partial charge in [-0.2, -0.15) is 0 Å². The zero-order chi connectivity index (χ0) is 22.7. The lowest BCUT2D eigenvalue weighted by molar-refractivity contribution is -0.142. The molecule has 0 spiro atoms. The van der Waals surface area contributed by atoms with E-state index in [1.807, 2.05) is 30.3 Å². The van der Waals surface area contributed by atoms with Gasteiger partial charge in [-0.25, -0.2) is 9.59 Å². The smallest absolute Gasteiger partial charge is 0.407 e. The number of alkyl carbamates (subject to hydrolysis) is 1. The molecule has 7 heteroatoms. The van der Waals surface area contributed by atoms with E-state index in [9.17, 15) is 19.5 Å². The third-order valence-electron chi connectivity index (χ3n) is 5.04. The molecule has 0 aromatic heterocycles. The number of ether oxygens (including phenoxy) is 1. The third-order valence-corrected chi connectivity index (χ3v) is 5.04. The van der Waals surface area contributed by atoms with Crippen LogP contribution in [0.5, 0.6) is 0 Å². The number of carbonyl (C=O) groups is 3. The first-order valence-electron chi connectivity index (χ1n) is 11.5. The minimum absolute atomic E-state index is 0.228. The van der Waals surface area contributed by atoms with Gasteiger partial charge in [-0.3, -0.25) is 4.79 Å². The molecule has 0 bridgehead atoms. The minimum Gasteiger partial charge on any atom is -0.480 e. The zero-order valence-corrected chi connectivity index (χ0v) is 18.7. The summed E-state index contributed by atoms with van der Waals surface area (Å²) >= 11 is 0. The van der Waals surface area contributed by atoms with Crippen LogP contribution >= 0.6 is 0 Å². The highest BCUT2D eigenvalue weighted by atomic mass is 16.5. The topological polar surface area (TPSA) is 105 Å². The van der Waals surface area contributed by atoms with Crippen LogP contribution in [0.1, 0.15) is 83.1 Å². The van der Waals surface area contributed by atoms with E-state index >= 15 is 0 Å². The lowest BCUT2D eigenvalue weighted by atomic mass is 10.1. The fourth-order valence-corrected chi connectivity index (χ4v) is 3.20. The quantitative estimate of drug-likeness (QED) is 0.306. The number of hydrogen-bond donors (Lipinski definition) is 3. The third kappa shape index (κ3) is 14.1. The maximum absolute atomic E-state index is 12.0. The summed E-state index contributed by atoms with van der Waals surface area (Å²) in [5.41, 5.74) is 0.930. The summed E-state index contributed by atoms with van der Waals surface area (Å²) in [6.07, 6.45) is 8.95. The van der Waals surface area contributed by atoms with Gasteiger partial charge in [0, 0.05) is 13.0 Å². The number of carboxylic acid groups (broad SMARTS) is 1. The van der Waals surface area contributed by atoms with Gasteiger partial charge in [0.2, 0.25) is 5.91 Å². The van der Waals surface area contributed by atoms with Crippen molar-refractivity contribution in [1.82, 2.24) is 10.6 Å². The number of carboxylic acids is 1. The van der Waals surface area contributed by atoms with E-state index in [0.29, 0.717) is 25.8 Å². The summed E-state index contributed by atoms with van der Waals surface area (Å²) in [7, 11) is 0. The second-order valence-electron chi connectivity index (χ2n) is 7.81. The molecule has 0 fully saturated rings. The summed E-state index contributed by atoms with van der Waals surface area (Å²) in [5, 5.41) is 14.6. The number of benzene rings is 1. The lowest BCUT2D eigenvalue weighted by Gasteiger charge is -2.14. The standard InChI is InChI=1S/C24H38N2O5/c1-2-3-4-5-6-11-16-21(23(28)29)26-22(27)17-12-8-13-18-25-24(30)31-19-20-14-9-7-10-15-20/h7,9-10,14-15,21H,2-6,8,11-13,16-19H2,1H3,(H,25,30)(H,26,27)(H,28,29)/t21-/m1/s1. The second kappa shape index (κ2) is 17.1. The van der Waals surface area contributed by atoms with Crippen LogP contribution in [0, 0.1) is 0 Å². The van der Waals surface area contributed by atoms with E-state index in [1.165, 1.54) is 19.3 Å². The molecule has 7 nitrogen and oxygen atoms in total. The molecule has 0 saturated heterocycles. The average Bonchev–Trinajstić information content (AvgIpc) is 2.76. The molecular weight excluding hydrogens is 396 g/mol. The van der Waals surface area contributed by atoms with Crippen molar-refractivity contribution >= 4 is 18.0 Å². The molecule has 1 aromatic rings. The van der Waals surface area contributed by atoms with Crippen molar-refractivity contribution in [2.75, 3.05) is 6.54 Å². The van der Waals surface area contributed by atoms with Gasteiger partial charge in [0.1, 0.15) is 12.6 Å². The molecule has 2 amide bonds. The molecule has 0 aliphatic heterocycles. The Morgan fingerprint density at radius 2 is 1.61 bits per heavy atom. The first-order valence-corrected chi connectivity index (χ1v) is 11.5. The molecule has 174 valence electrons. The monoisotopic (exact) mass is 434 g/mol. The van der Waals surface area contributed by atoms with Gasteiger partial charge >= 0.3 is 12.1 Å². The summed E-state index contributed by atoms with van der Waals surface area (Å²) < 4.78 is 5.13. The van der Waals surface area contributed by atoms with Gasteiger partial charge in [-0.1, -0.05) is 82.2 Å². The maximum atomic E-state index is 12.0. The van der Waals surface area contributed by atoms with Crippen LogP contribution < -0.4 is 10.6 Å². The van der Waals surface area contributed by atoms with Gasteiger partial charge in [-0.15, -0.1) is 0 Å². The van der Waals surface area contributed by atoms with E-state index in [4.69, 9.17) is 4.74 Å². The Balaban J connectivity index is 2.06. The van der Waals surface area contributed by atoms with Crippen LogP contribution in [-0.2, 0) is 20.9 Å². The van der Waals surface area contributed by atoms with Gasteiger partial charge in [0.05, 0.1) is 0 Å². The Morgan fingerprint density at radius 1 is 0.935 bits per heavy atom. The van der Waals surface area contributed by atoms with E-state index in [0.717, 1.165) is 37.7 Å². The Labute approximate surface area is 185 Å². The Hall–Kier alpha value is -2.57. The predicted octanol–water partition coefficient (Wildman–Crippen LogP) is 4.79. The normalized spacial score (nSPS) is 11.5. The molecule has 1 rings (SSSR count). The molecule has 0 aliphatic carbocycles. The summed E-state index contributed by atoms with van der Waals surface area (Å²) in [6, 6.07) is 8.66. The Bertz CT molecular complexity index is 636. The number of nitrogens with one attached hydrogen (secondary N) is 2. The highest BCUT2D eigenvalue weighted by Gasteiger charge is 2.18. The highest BCUT2D eigenvalue weighted by molar-refractivity contribution is 5.83. The molecule has 1 aromatic carbocycles. The van der Waals surface area contributed by atoms with Crippen molar-refractivity contribution < 1.29 is 24.2 Å². The van der Waals surface area contributed by atoms with E-state index < -0.39 is 18.1 Å². The molecule has 0 heterocycles. The fraction of sp³-hybridized carbons (Fsp3) is 0.625. The average molecular weight is 435 g/mol. The number of amides is 2. The number of unbranched alkanes of at least 4 members (excludes halogenated alkanes) is 7. The highest BCUT2D eigenvalue weighted by Crippen LogP contribution is 2.09. The summed E-state index contributed by atoms with van der Waals surface area (Å²) in [6.45, 7) is 2.87. The van der Waals surface area contributed by atoms with Crippen molar-refractivity contribution in [1.29, 1.82) is 0 Å². The number of aliphatic carboxylic acids is 1. The molecule has 31 heavy (non-hydrogen) atoms. The Kier molecular flexibility index (Phi) is 14.6. The molecule has 1 atom stereocenters. The Morgan fingerprint density at radius 3 is 2.32 bits per heavy atom. The van der Waals surface area contributed by atoms with E-state index in [-0.39, 0.29) is 12.5 Å². The fourth-order valence-electron chi connectivity index (χ4n) is 3.20. The largest absolute Gasteiger partial charge is 0.480 e. The van der Waals surface area contributed by atoms with Crippen LogP contribution in [0.4, 0.5) is 4.79 Å². The van der Waals surface area contributed by atoms with Crippen LogP contribution in [0.25, 0.3) is 0 Å². The zero-order valence-electron chi connectivity index (χ0n) is 18.7. The number of hydrogen-bond acceptors (Lipinski definition) is 4. The van der Waals surface area contributed by atoms with Crippen LogP contribution in [-0.4, -0.2) is 35.7 Å². The van der Waals surface area contributed by atoms with Crippen molar-refractivity contribution in [3.63, 3.8) is 0 Å². The van der Waals surface area contributed by atoms with Crippen molar-refractivity contribution in [2.24, 2.45) is 0 Å². The lowest BCUT2D eigenvalue weighted by Crippen LogP contribution is -2.40. The molecule has 0 radical (unpaired) electrons. The van der Waals surface area contributed by atoms with Crippen LogP contribution in [0.3, 0.4) is 0 Å². The first kappa shape index (κ1) is 26.5. The molecule has 0 aliphatic rings. The molecule has 3 N–H and O–H groups in total. The van der Waals surface area contributed by atoms with Crippen molar-refractivity contribution in [3.8, 4) is 0 Å². The maximum Gasteiger partial charge on any atom is 0.407 e. The van der Waals surface area contributed by atoms with Crippen molar-refractivity contribution in [2.45, 2.75) is 90.2 Å². The van der Waals surface area contributed by atoms with E-state index in [1.54, 1.807) is 0 Å². The van der Waals surface area contributed by atoms with Crippen molar-refractivity contribution in [3.05, 3.63) is 35.9 Å². The summed E-state index contributed by atoms with van der Waals surface area (Å²) in [4.78, 5) is 35.0. The van der Waals surface area contributed by atoms with Gasteiger partial charge in [-0.05, 0) is 24.8 Å². The minimum atomic E-state index is -0.972. The molecule has 0 unspecified atom stereocenters. The molecular formula is C24H38N2O5.